The fourth-order valence-corrected chi connectivity index (χ4v) is 3.38. The number of hydrogen-bond donors (Lipinski definition) is 1. The van der Waals surface area contributed by atoms with E-state index in [0.717, 1.165) is 57.2 Å². The van der Waals surface area contributed by atoms with Gasteiger partial charge in [0.25, 0.3) is 0 Å². The highest BCUT2D eigenvalue weighted by Gasteiger charge is 2.14. The fourth-order valence-electron chi connectivity index (χ4n) is 3.38. The van der Waals surface area contributed by atoms with E-state index >= 15 is 0 Å². The van der Waals surface area contributed by atoms with Crippen LogP contribution in [0.5, 0.6) is 0 Å². The van der Waals surface area contributed by atoms with Crippen molar-refractivity contribution in [2.45, 2.75) is 64.3 Å². The number of fused-ring (bicyclic) bond motifs is 1. The minimum absolute atomic E-state index is 0.722. The van der Waals surface area contributed by atoms with Crippen LogP contribution in [-0.4, -0.2) is 45.3 Å². The number of aryl methyl sites for hydroxylation is 2. The first-order valence-corrected chi connectivity index (χ1v) is 8.80. The smallest absolute Gasteiger partial charge is 0.191 e. The van der Waals surface area contributed by atoms with E-state index in [1.165, 1.54) is 44.3 Å². The molecule has 2 aliphatic rings. The van der Waals surface area contributed by atoms with Gasteiger partial charge in [0.15, 0.2) is 5.96 Å². The predicted octanol–water partition coefficient (Wildman–Crippen LogP) is 1.74. The van der Waals surface area contributed by atoms with E-state index in [-0.39, 0.29) is 0 Å². The lowest BCUT2D eigenvalue weighted by Crippen LogP contribution is -2.40. The first-order chi connectivity index (χ1) is 10.8. The predicted molar refractivity (Wildman–Crippen MR) is 87.8 cm³/mol. The summed E-state index contributed by atoms with van der Waals surface area (Å²) in [5.41, 5.74) is 6.08. The number of rotatable bonds is 4. The third kappa shape index (κ3) is 3.78. The maximum Gasteiger partial charge on any atom is 0.191 e. The van der Waals surface area contributed by atoms with E-state index in [9.17, 15) is 0 Å². The molecule has 3 rings (SSSR count). The van der Waals surface area contributed by atoms with Gasteiger partial charge in [-0.1, -0.05) is 6.42 Å². The van der Waals surface area contributed by atoms with Crippen molar-refractivity contribution in [2.24, 2.45) is 10.7 Å². The Hall–Kier alpha value is -1.59. The van der Waals surface area contributed by atoms with Crippen molar-refractivity contribution in [1.29, 1.82) is 0 Å². The minimum Gasteiger partial charge on any atom is -0.370 e. The lowest BCUT2D eigenvalue weighted by atomic mass is 10.1. The molecule has 1 aromatic heterocycles. The summed E-state index contributed by atoms with van der Waals surface area (Å²) in [6.07, 6.45) is 10.6. The lowest BCUT2D eigenvalue weighted by Gasteiger charge is -2.27. The van der Waals surface area contributed by atoms with Crippen molar-refractivity contribution in [3.63, 3.8) is 0 Å². The Morgan fingerprint density at radius 2 is 1.77 bits per heavy atom. The standard InChI is InChI=1S/C16H28N6/c17-16(21-11-4-2-5-12-21)18-10-7-9-15-20-19-14-8-3-1-6-13-22(14)15/h1-13H2,(H2,17,18). The quantitative estimate of drug-likeness (QED) is 0.522. The number of aliphatic imine (C=N–C) groups is 1. The highest BCUT2D eigenvalue weighted by atomic mass is 15.3. The van der Waals surface area contributed by atoms with E-state index in [0.29, 0.717) is 0 Å². The van der Waals surface area contributed by atoms with Gasteiger partial charge in [0.2, 0.25) is 0 Å². The Morgan fingerprint density at radius 1 is 1.00 bits per heavy atom. The van der Waals surface area contributed by atoms with Gasteiger partial charge in [-0.2, -0.15) is 0 Å². The highest BCUT2D eigenvalue weighted by Crippen LogP contribution is 2.15. The number of aromatic nitrogens is 3. The molecule has 1 fully saturated rings. The molecule has 2 N–H and O–H groups in total. The van der Waals surface area contributed by atoms with Crippen molar-refractivity contribution < 1.29 is 0 Å². The maximum absolute atomic E-state index is 6.08. The highest BCUT2D eigenvalue weighted by molar-refractivity contribution is 5.78. The molecular formula is C16H28N6. The molecule has 6 nitrogen and oxygen atoms in total. The van der Waals surface area contributed by atoms with Crippen molar-refractivity contribution in [3.05, 3.63) is 11.6 Å². The lowest BCUT2D eigenvalue weighted by molar-refractivity contribution is 0.338. The molecule has 0 aliphatic carbocycles. The fraction of sp³-hybridized carbons (Fsp3) is 0.812. The van der Waals surface area contributed by atoms with Gasteiger partial charge < -0.3 is 15.2 Å². The average molecular weight is 304 g/mol. The van der Waals surface area contributed by atoms with Crippen molar-refractivity contribution in [2.75, 3.05) is 19.6 Å². The SMILES string of the molecule is NC(=NCCCc1nnc2n1CCCCC2)N1CCCCC1. The summed E-state index contributed by atoms with van der Waals surface area (Å²) in [6, 6.07) is 0. The van der Waals surface area contributed by atoms with Gasteiger partial charge in [0, 0.05) is 39.0 Å². The van der Waals surface area contributed by atoms with E-state index < -0.39 is 0 Å². The third-order valence-electron chi connectivity index (χ3n) is 4.70. The van der Waals surface area contributed by atoms with Gasteiger partial charge in [0.1, 0.15) is 11.6 Å². The molecule has 0 unspecified atom stereocenters. The van der Waals surface area contributed by atoms with Crippen LogP contribution in [0.4, 0.5) is 0 Å². The molecule has 0 bridgehead atoms. The Balaban J connectivity index is 1.48. The van der Waals surface area contributed by atoms with E-state index in [2.05, 4.69) is 24.7 Å². The topological polar surface area (TPSA) is 72.3 Å². The molecule has 22 heavy (non-hydrogen) atoms. The summed E-state index contributed by atoms with van der Waals surface area (Å²) in [6.45, 7) is 3.99. The Morgan fingerprint density at radius 3 is 2.64 bits per heavy atom. The average Bonchev–Trinajstić information content (AvgIpc) is 2.79. The first kappa shape index (κ1) is 15.3. The molecule has 1 saturated heterocycles. The molecule has 0 saturated carbocycles. The van der Waals surface area contributed by atoms with Crippen LogP contribution in [0.25, 0.3) is 0 Å². The van der Waals surface area contributed by atoms with E-state index in [1.807, 2.05) is 0 Å². The van der Waals surface area contributed by atoms with E-state index in [1.54, 1.807) is 0 Å². The Bertz CT molecular complexity index is 501. The molecular weight excluding hydrogens is 276 g/mol. The van der Waals surface area contributed by atoms with Gasteiger partial charge in [-0.25, -0.2) is 0 Å². The van der Waals surface area contributed by atoms with Gasteiger partial charge in [-0.15, -0.1) is 10.2 Å². The summed E-state index contributed by atoms with van der Waals surface area (Å²) < 4.78 is 2.32. The monoisotopic (exact) mass is 304 g/mol. The van der Waals surface area contributed by atoms with Gasteiger partial charge in [0.05, 0.1) is 0 Å². The van der Waals surface area contributed by atoms with Crippen LogP contribution < -0.4 is 5.73 Å². The molecule has 2 aliphatic heterocycles. The largest absolute Gasteiger partial charge is 0.370 e. The Kier molecular flexibility index (Phi) is 5.29. The zero-order chi connectivity index (χ0) is 15.2. The zero-order valence-electron chi connectivity index (χ0n) is 13.5. The number of hydrogen-bond acceptors (Lipinski definition) is 3. The number of nitrogens with zero attached hydrogens (tertiary/aromatic N) is 5. The molecule has 0 spiro atoms. The van der Waals surface area contributed by atoms with Crippen molar-refractivity contribution >= 4 is 5.96 Å². The van der Waals surface area contributed by atoms with Crippen LogP contribution in [-0.2, 0) is 19.4 Å². The van der Waals surface area contributed by atoms with Crippen molar-refractivity contribution in [3.8, 4) is 0 Å². The summed E-state index contributed by atoms with van der Waals surface area (Å²) in [7, 11) is 0. The molecule has 6 heteroatoms. The molecule has 1 aromatic rings. The van der Waals surface area contributed by atoms with Crippen molar-refractivity contribution in [1.82, 2.24) is 19.7 Å². The zero-order valence-corrected chi connectivity index (χ0v) is 13.5. The Labute approximate surface area is 132 Å². The second-order valence-corrected chi connectivity index (χ2v) is 6.39. The normalized spacial score (nSPS) is 19.8. The second kappa shape index (κ2) is 7.61. The second-order valence-electron chi connectivity index (χ2n) is 6.39. The van der Waals surface area contributed by atoms with E-state index in [4.69, 9.17) is 5.73 Å². The van der Waals surface area contributed by atoms with Crippen LogP contribution in [0.3, 0.4) is 0 Å². The molecule has 0 amide bonds. The molecule has 122 valence electrons. The summed E-state index contributed by atoms with van der Waals surface area (Å²) in [5.74, 6) is 3.02. The van der Waals surface area contributed by atoms with Crippen LogP contribution in [0.2, 0.25) is 0 Å². The van der Waals surface area contributed by atoms with Crippen LogP contribution >= 0.6 is 0 Å². The minimum atomic E-state index is 0.722. The summed E-state index contributed by atoms with van der Waals surface area (Å²) >= 11 is 0. The number of nitrogens with two attached hydrogens (primary N) is 1. The first-order valence-electron chi connectivity index (χ1n) is 8.80. The third-order valence-corrected chi connectivity index (χ3v) is 4.70. The molecule has 0 radical (unpaired) electrons. The van der Waals surface area contributed by atoms with Gasteiger partial charge in [-0.3, -0.25) is 4.99 Å². The van der Waals surface area contributed by atoms with Gasteiger partial charge >= 0.3 is 0 Å². The number of likely N-dealkylation sites (tertiary alicyclic amines) is 1. The number of piperidine rings is 1. The van der Waals surface area contributed by atoms with Gasteiger partial charge in [-0.05, 0) is 38.5 Å². The van der Waals surface area contributed by atoms with Crippen LogP contribution in [0.15, 0.2) is 4.99 Å². The summed E-state index contributed by atoms with van der Waals surface area (Å²) in [5, 5.41) is 8.72. The van der Waals surface area contributed by atoms with Crippen LogP contribution in [0.1, 0.15) is 56.6 Å². The summed E-state index contributed by atoms with van der Waals surface area (Å²) in [4.78, 5) is 6.76. The maximum atomic E-state index is 6.08. The molecule has 3 heterocycles. The number of guanidine groups is 1. The molecule has 0 atom stereocenters. The molecule has 0 aromatic carbocycles. The van der Waals surface area contributed by atoms with Crippen LogP contribution in [0, 0.1) is 0 Å².